The van der Waals surface area contributed by atoms with E-state index in [1.165, 1.54) is 18.3 Å². The van der Waals surface area contributed by atoms with E-state index in [0.717, 1.165) is 57.8 Å². The second-order valence-electron chi connectivity index (χ2n) is 10.1. The summed E-state index contributed by atoms with van der Waals surface area (Å²) >= 11 is 6.32. The van der Waals surface area contributed by atoms with E-state index in [2.05, 4.69) is 54.7 Å². The summed E-state index contributed by atoms with van der Waals surface area (Å²) in [5.74, 6) is 0.552. The molecule has 2 fully saturated rings. The topological polar surface area (TPSA) is 85.9 Å². The molecular formula is C28H34ClFN7O2P. The number of nitrogens with zero attached hydrogens (tertiary/aromatic N) is 5. The molecule has 2 aliphatic rings. The lowest BCUT2D eigenvalue weighted by Crippen LogP contribution is -2.52. The van der Waals surface area contributed by atoms with E-state index in [1.54, 1.807) is 13.2 Å². The Morgan fingerprint density at radius 2 is 1.82 bits per heavy atom. The third kappa shape index (κ3) is 6.41. The second-order valence-corrected chi connectivity index (χ2v) is 11.7. The summed E-state index contributed by atoms with van der Waals surface area (Å²) in [7, 11) is 1.64. The number of hydrogen-bond acceptors (Lipinski definition) is 9. The zero-order chi connectivity index (χ0) is 28.2. The molecule has 5 rings (SSSR count). The average Bonchev–Trinajstić information content (AvgIpc) is 2.95. The predicted molar refractivity (Wildman–Crippen MR) is 162 cm³/mol. The minimum Gasteiger partial charge on any atom is -0.494 e. The highest BCUT2D eigenvalue weighted by Crippen LogP contribution is 2.34. The summed E-state index contributed by atoms with van der Waals surface area (Å²) in [4.78, 5) is 16.2. The second kappa shape index (κ2) is 12.6. The molecule has 2 N–H and O–H groups in total. The number of likely N-dealkylation sites (N-methyl/N-ethyl adjacent to an activating group) is 1. The quantitative estimate of drug-likeness (QED) is 0.360. The minimum absolute atomic E-state index is 0.0217. The van der Waals surface area contributed by atoms with Gasteiger partial charge in [-0.3, -0.25) is 9.46 Å². The van der Waals surface area contributed by atoms with Crippen LogP contribution in [0, 0.1) is 5.82 Å². The van der Waals surface area contributed by atoms with Crippen LogP contribution in [0.4, 0.5) is 33.2 Å². The third-order valence-corrected chi connectivity index (χ3v) is 8.78. The molecule has 212 valence electrons. The van der Waals surface area contributed by atoms with Crippen molar-refractivity contribution in [1.82, 2.24) is 19.8 Å². The maximum Gasteiger partial charge on any atom is 0.229 e. The molecule has 1 atom stereocenters. The van der Waals surface area contributed by atoms with Crippen LogP contribution in [-0.4, -0.2) is 85.5 Å². The average molecular weight is 586 g/mol. The molecule has 3 heterocycles. The minimum atomic E-state index is -2.18. The molecule has 9 nitrogen and oxygen atoms in total. The lowest BCUT2D eigenvalue weighted by atomic mass is 10.0. The fourth-order valence-corrected chi connectivity index (χ4v) is 6.14. The van der Waals surface area contributed by atoms with Crippen LogP contribution < -0.4 is 25.6 Å². The predicted octanol–water partition coefficient (Wildman–Crippen LogP) is 4.87. The van der Waals surface area contributed by atoms with Crippen LogP contribution in [0.5, 0.6) is 5.75 Å². The summed E-state index contributed by atoms with van der Waals surface area (Å²) in [6.45, 7) is 6.59. The normalized spacial score (nSPS) is 17.5. The molecular weight excluding hydrogens is 552 g/mol. The van der Waals surface area contributed by atoms with E-state index >= 15 is 0 Å². The maximum absolute atomic E-state index is 14.3. The maximum atomic E-state index is 14.3. The zero-order valence-electron chi connectivity index (χ0n) is 22.7. The van der Waals surface area contributed by atoms with Crippen molar-refractivity contribution in [2.24, 2.45) is 0 Å². The van der Waals surface area contributed by atoms with Crippen molar-refractivity contribution in [2.45, 2.75) is 18.9 Å². The van der Waals surface area contributed by atoms with Crippen LogP contribution in [0.2, 0.25) is 5.02 Å². The number of hydrogen-bond donors (Lipinski definition) is 2. The van der Waals surface area contributed by atoms with E-state index < -0.39 is 13.2 Å². The van der Waals surface area contributed by atoms with Gasteiger partial charge in [-0.1, -0.05) is 17.7 Å². The van der Waals surface area contributed by atoms with Gasteiger partial charge in [0.05, 0.1) is 30.0 Å². The van der Waals surface area contributed by atoms with Gasteiger partial charge in [0, 0.05) is 57.1 Å². The molecule has 0 spiro atoms. The number of methoxy groups -OCH3 is 1. The first-order chi connectivity index (χ1) is 19.3. The molecule has 2 aromatic carbocycles. The van der Waals surface area contributed by atoms with Crippen LogP contribution in [-0.2, 0) is 4.57 Å². The molecule has 12 heteroatoms. The Bertz CT molecular complexity index is 1420. The fourth-order valence-electron chi connectivity index (χ4n) is 5.29. The molecule has 2 saturated heterocycles. The van der Waals surface area contributed by atoms with Crippen molar-refractivity contribution in [1.29, 1.82) is 0 Å². The Labute approximate surface area is 239 Å². The number of halogens is 2. The smallest absolute Gasteiger partial charge is 0.229 e. The Morgan fingerprint density at radius 3 is 2.52 bits per heavy atom. The largest absolute Gasteiger partial charge is 0.494 e. The summed E-state index contributed by atoms with van der Waals surface area (Å²) in [5.41, 5.74) is 2.08. The van der Waals surface area contributed by atoms with E-state index in [-0.39, 0.29) is 27.8 Å². The van der Waals surface area contributed by atoms with Crippen LogP contribution in [0.3, 0.4) is 0 Å². The van der Waals surface area contributed by atoms with Crippen molar-refractivity contribution in [2.75, 3.05) is 69.0 Å². The standard InChI is InChI=1S/C28H34ClFN7O2P/c1-35-13-15-37(16-14-35)19-9-11-36(12-10-19)20-7-8-23(25(17-20)39-2)33-28-31-18-21(29)27(34-28)32-24-6-4-5-22(30)26(24)40(3)38/h4-8,17-19H,3,9-16H2,1-2H3,(H2,31,32,33,34). The third-order valence-electron chi connectivity index (χ3n) is 7.55. The number of benzene rings is 2. The molecule has 1 aromatic heterocycles. The number of piperidine rings is 1. The molecule has 1 unspecified atom stereocenters. The highest BCUT2D eigenvalue weighted by molar-refractivity contribution is 7.52. The van der Waals surface area contributed by atoms with E-state index in [0.29, 0.717) is 17.5 Å². The van der Waals surface area contributed by atoms with Crippen molar-refractivity contribution in [3.05, 3.63) is 53.4 Å². The van der Waals surface area contributed by atoms with E-state index in [9.17, 15) is 8.96 Å². The fraction of sp³-hybridized carbons (Fsp3) is 0.393. The lowest BCUT2D eigenvalue weighted by molar-refractivity contribution is 0.0982. The first-order valence-corrected chi connectivity index (χ1v) is 15.1. The number of aromatic nitrogens is 2. The van der Waals surface area contributed by atoms with Gasteiger partial charge < -0.3 is 25.2 Å². The number of piperazine rings is 1. The van der Waals surface area contributed by atoms with Gasteiger partial charge in [0.1, 0.15) is 24.0 Å². The summed E-state index contributed by atoms with van der Waals surface area (Å²) in [6, 6.07) is 11.0. The molecule has 0 aliphatic carbocycles. The first kappa shape index (κ1) is 28.4. The Morgan fingerprint density at radius 1 is 1.07 bits per heavy atom. The molecule has 0 radical (unpaired) electrons. The van der Waals surface area contributed by atoms with Crippen molar-refractivity contribution < 1.29 is 13.7 Å². The monoisotopic (exact) mass is 585 g/mol. The van der Waals surface area contributed by atoms with Gasteiger partial charge in [-0.15, -0.1) is 0 Å². The SMILES string of the molecule is C=P(=O)c1c(F)cccc1Nc1nc(Nc2ccc(N3CCC(N4CCN(C)CC4)CC3)cc2OC)ncc1Cl. The van der Waals surface area contributed by atoms with Crippen molar-refractivity contribution in [3.63, 3.8) is 0 Å². The van der Waals surface area contributed by atoms with Gasteiger partial charge in [0.15, 0.2) is 5.82 Å². The highest BCUT2D eigenvalue weighted by atomic mass is 35.5. The van der Waals surface area contributed by atoms with Gasteiger partial charge in [0.25, 0.3) is 0 Å². The molecule has 2 aliphatic heterocycles. The van der Waals surface area contributed by atoms with Gasteiger partial charge in [0.2, 0.25) is 5.95 Å². The van der Waals surface area contributed by atoms with Gasteiger partial charge in [-0.05, 0) is 50.5 Å². The van der Waals surface area contributed by atoms with Crippen molar-refractivity contribution in [3.8, 4) is 5.75 Å². The summed E-state index contributed by atoms with van der Waals surface area (Å²) < 4.78 is 32.0. The van der Waals surface area contributed by atoms with Crippen molar-refractivity contribution >= 4 is 59.5 Å². The summed E-state index contributed by atoms with van der Waals surface area (Å²) in [6.07, 6.45) is 7.22. The molecule has 0 saturated carbocycles. The number of rotatable bonds is 8. The highest BCUT2D eigenvalue weighted by Gasteiger charge is 2.27. The van der Waals surface area contributed by atoms with Gasteiger partial charge in [-0.2, -0.15) is 4.98 Å². The molecule has 40 heavy (non-hydrogen) atoms. The van der Waals surface area contributed by atoms with Crippen LogP contribution >= 0.6 is 19.0 Å². The van der Waals surface area contributed by atoms with Crippen LogP contribution in [0.25, 0.3) is 0 Å². The molecule has 3 aromatic rings. The van der Waals surface area contributed by atoms with Crippen LogP contribution in [0.15, 0.2) is 42.6 Å². The summed E-state index contributed by atoms with van der Waals surface area (Å²) in [5, 5.41) is 6.36. The Kier molecular flexibility index (Phi) is 8.90. The lowest BCUT2D eigenvalue weighted by Gasteiger charge is -2.42. The van der Waals surface area contributed by atoms with Gasteiger partial charge in [-0.25, -0.2) is 9.37 Å². The number of ether oxygens (including phenoxy) is 1. The Balaban J connectivity index is 1.28. The van der Waals surface area contributed by atoms with E-state index in [4.69, 9.17) is 16.3 Å². The van der Waals surface area contributed by atoms with Crippen LogP contribution in [0.1, 0.15) is 12.8 Å². The number of nitrogens with one attached hydrogen (secondary N) is 2. The van der Waals surface area contributed by atoms with Gasteiger partial charge >= 0.3 is 0 Å². The van der Waals surface area contributed by atoms with E-state index in [1.807, 2.05) is 12.1 Å². The number of anilines is 5. The molecule has 0 bridgehead atoms. The zero-order valence-corrected chi connectivity index (χ0v) is 24.4. The first-order valence-electron chi connectivity index (χ1n) is 13.3. The molecule has 0 amide bonds. The Hall–Kier alpha value is -3.17.